The molecule has 9 rings (SSSR count). The lowest BCUT2D eigenvalue weighted by Crippen LogP contribution is -2.60. The van der Waals surface area contributed by atoms with Gasteiger partial charge in [0.05, 0.1) is 37.2 Å². The van der Waals surface area contributed by atoms with Crippen LogP contribution in [0.4, 0.5) is 5.82 Å². The Bertz CT molecular complexity index is 2990. The lowest BCUT2D eigenvalue weighted by Gasteiger charge is -2.39. The molecule has 3 atom stereocenters. The van der Waals surface area contributed by atoms with Gasteiger partial charge in [-0.2, -0.15) is 0 Å². The molecule has 1 aliphatic carbocycles. The molecule has 3 saturated heterocycles. The number of carbonyl (C=O) groups excluding carboxylic acids is 5. The van der Waals surface area contributed by atoms with E-state index in [4.69, 9.17) is 26.8 Å². The molecular weight excluding hydrogens is 1100 g/mol. The molecule has 20 heteroatoms. The monoisotopic (exact) mass is 1180 g/mol. The van der Waals surface area contributed by atoms with E-state index in [-0.39, 0.29) is 54.0 Å². The number of nitrogens with two attached hydrogens (primary N) is 1. The molecule has 3 aliphatic heterocycles. The van der Waals surface area contributed by atoms with Gasteiger partial charge in [0.1, 0.15) is 35.3 Å². The molecule has 85 heavy (non-hydrogen) atoms. The van der Waals surface area contributed by atoms with Crippen molar-refractivity contribution in [1.29, 1.82) is 0 Å². The van der Waals surface area contributed by atoms with Crippen LogP contribution in [-0.4, -0.2) is 156 Å². The average molecular weight is 1190 g/mol. The molecule has 4 aliphatic rings. The summed E-state index contributed by atoms with van der Waals surface area (Å²) in [6.45, 7) is 9.76. The lowest BCUT2D eigenvalue weighted by molar-refractivity contribution is -0.133. The summed E-state index contributed by atoms with van der Waals surface area (Å²) in [5.41, 5.74) is 10.1. The number of likely N-dealkylation sites (tertiary alicyclic amines) is 1. The highest BCUT2D eigenvalue weighted by Crippen LogP contribution is 2.32. The van der Waals surface area contributed by atoms with Crippen LogP contribution in [0.15, 0.2) is 85.3 Å². The van der Waals surface area contributed by atoms with Gasteiger partial charge >= 0.3 is 0 Å². The van der Waals surface area contributed by atoms with E-state index in [0.29, 0.717) is 95.2 Å². The van der Waals surface area contributed by atoms with Crippen LogP contribution in [0.1, 0.15) is 149 Å². The zero-order chi connectivity index (χ0) is 59.5. The van der Waals surface area contributed by atoms with Gasteiger partial charge in [-0.25, -0.2) is 9.97 Å². The molecule has 7 N–H and O–H groups in total. The summed E-state index contributed by atoms with van der Waals surface area (Å²) < 4.78 is 11.2. The Hall–Kier alpha value is -6.80. The Morgan fingerprint density at radius 1 is 0.812 bits per heavy atom. The first-order chi connectivity index (χ1) is 41.4. The predicted octanol–water partition coefficient (Wildman–Crippen LogP) is 8.04. The number of halogens is 1. The molecule has 5 heterocycles. The highest BCUT2D eigenvalue weighted by molar-refractivity contribution is 6.30. The molecule has 4 fully saturated rings. The minimum Gasteiger partial charge on any atom is -0.497 e. The van der Waals surface area contributed by atoms with Crippen molar-refractivity contribution >= 4 is 58.0 Å². The molecule has 5 amide bonds. The van der Waals surface area contributed by atoms with Gasteiger partial charge in [0.15, 0.2) is 0 Å². The van der Waals surface area contributed by atoms with Crippen molar-refractivity contribution in [3.05, 3.63) is 113 Å². The predicted molar refractivity (Wildman–Crippen MR) is 332 cm³/mol. The van der Waals surface area contributed by atoms with Crippen LogP contribution in [0.25, 0.3) is 11.0 Å². The fraction of sp³-hybridized carbons (Fsp3) is 0.554. The van der Waals surface area contributed by atoms with Crippen molar-refractivity contribution in [3.63, 3.8) is 0 Å². The van der Waals surface area contributed by atoms with Gasteiger partial charge in [-0.05, 0) is 118 Å². The van der Waals surface area contributed by atoms with Gasteiger partial charge in [0.25, 0.3) is 5.91 Å². The standard InChI is InChI=1S/C65H89ClN12O7/c1-3-85-56-41-53(84-2)25-22-50(56)42-68-43-58(80)78-32-13-18-51(44-78)48-16-12-17-49(40-48)62(81)74-59(47-14-8-7-9-15-47)63(82)70-30-11-6-4-5-10-19-57(79)76-38-36-75(37-39-76)33-27-55(46-20-23-52(66)24-21-46)73-64(83)65(67)28-34-77(35-29-65)61-54-26-31-69-60(54)71-45-72-61/h12,16-17,20-26,31,40-41,45,47,51,55,59,68H,3-11,13-15,18-19,27-30,32-39,42-44,67H2,1-2H3,(H,70,82)(H,73,83)(H,74,81)(H,69,71,72)/t51?,55-,59-/m0/s1. The summed E-state index contributed by atoms with van der Waals surface area (Å²) in [4.78, 5) is 89.1. The van der Waals surface area contributed by atoms with Crippen molar-refractivity contribution in [2.75, 3.05) is 90.6 Å². The fourth-order valence-electron chi connectivity index (χ4n) is 12.7. The van der Waals surface area contributed by atoms with Crippen LogP contribution in [-0.2, 0) is 25.7 Å². The van der Waals surface area contributed by atoms with E-state index < -0.39 is 11.6 Å². The molecule has 1 unspecified atom stereocenters. The highest BCUT2D eigenvalue weighted by Gasteiger charge is 2.40. The first-order valence-electron chi connectivity index (χ1n) is 31.2. The molecule has 0 spiro atoms. The maximum absolute atomic E-state index is 14.0. The number of ether oxygens (including phenoxy) is 2. The summed E-state index contributed by atoms with van der Waals surface area (Å²) in [5, 5.41) is 14.5. The van der Waals surface area contributed by atoms with Crippen molar-refractivity contribution in [2.24, 2.45) is 11.7 Å². The number of nitrogens with zero attached hydrogens (tertiary/aromatic N) is 6. The molecule has 5 aromatic rings. The van der Waals surface area contributed by atoms with E-state index in [0.717, 1.165) is 142 Å². The third-order valence-electron chi connectivity index (χ3n) is 17.9. The molecular formula is C65H89ClN12O7. The number of rotatable bonds is 27. The van der Waals surface area contributed by atoms with Crippen LogP contribution >= 0.6 is 11.6 Å². The van der Waals surface area contributed by atoms with Crippen LogP contribution in [0.3, 0.4) is 0 Å². The molecule has 3 aromatic carbocycles. The number of aromatic nitrogens is 3. The Morgan fingerprint density at radius 2 is 1.59 bits per heavy atom. The topological polar surface area (TPSA) is 232 Å². The van der Waals surface area contributed by atoms with Gasteiger partial charge in [-0.3, -0.25) is 28.9 Å². The van der Waals surface area contributed by atoms with E-state index in [9.17, 15) is 24.0 Å². The van der Waals surface area contributed by atoms with Gasteiger partial charge in [0.2, 0.25) is 23.6 Å². The first kappa shape index (κ1) is 62.7. The van der Waals surface area contributed by atoms with Crippen LogP contribution in [0.5, 0.6) is 11.5 Å². The maximum atomic E-state index is 14.0. The number of hydrogen-bond acceptors (Lipinski definition) is 13. The number of piperazine rings is 1. The Kier molecular flexibility index (Phi) is 22.9. The van der Waals surface area contributed by atoms with E-state index in [1.807, 2.05) is 95.7 Å². The number of carbonyl (C=O) groups is 5. The number of unbranched alkanes of at least 4 members (excludes halogenated alkanes) is 4. The summed E-state index contributed by atoms with van der Waals surface area (Å²) in [6, 6.07) is 22.1. The number of aromatic amines is 1. The summed E-state index contributed by atoms with van der Waals surface area (Å²) in [7, 11) is 1.62. The highest BCUT2D eigenvalue weighted by atomic mass is 35.5. The van der Waals surface area contributed by atoms with E-state index in [1.165, 1.54) is 0 Å². The van der Waals surface area contributed by atoms with Crippen LogP contribution in [0, 0.1) is 5.92 Å². The molecule has 458 valence electrons. The molecule has 2 aromatic heterocycles. The van der Waals surface area contributed by atoms with Gasteiger partial charge in [-0.1, -0.05) is 80.5 Å². The van der Waals surface area contributed by atoms with E-state index in [2.05, 4.69) is 46.0 Å². The smallest absolute Gasteiger partial charge is 0.251 e. The van der Waals surface area contributed by atoms with Gasteiger partial charge in [-0.15, -0.1) is 0 Å². The van der Waals surface area contributed by atoms with Gasteiger partial charge < -0.3 is 56.2 Å². The summed E-state index contributed by atoms with van der Waals surface area (Å²) in [6.07, 6.45) is 16.9. The molecule has 19 nitrogen and oxygen atoms in total. The normalized spacial score (nSPS) is 18.4. The minimum absolute atomic E-state index is 0.0361. The quantitative estimate of drug-likeness (QED) is 0.0274. The van der Waals surface area contributed by atoms with Crippen molar-refractivity contribution < 1.29 is 33.4 Å². The number of anilines is 1. The Morgan fingerprint density at radius 3 is 2.36 bits per heavy atom. The minimum atomic E-state index is -1.02. The maximum Gasteiger partial charge on any atom is 0.251 e. The largest absolute Gasteiger partial charge is 0.497 e. The molecule has 0 radical (unpaired) electrons. The van der Waals surface area contributed by atoms with Gasteiger partial charge in [0, 0.05) is 113 Å². The Balaban J connectivity index is 0.660. The number of fused-ring (bicyclic) bond motifs is 1. The second-order valence-corrected chi connectivity index (χ2v) is 24.1. The lowest BCUT2D eigenvalue weighted by atomic mass is 9.83. The van der Waals surface area contributed by atoms with Crippen molar-refractivity contribution in [2.45, 2.75) is 140 Å². The second kappa shape index (κ2) is 31.0. The molecule has 0 bridgehead atoms. The zero-order valence-corrected chi connectivity index (χ0v) is 50.7. The third kappa shape index (κ3) is 17.2. The number of H-pyrrole nitrogens is 1. The summed E-state index contributed by atoms with van der Waals surface area (Å²) >= 11 is 6.28. The second-order valence-electron chi connectivity index (χ2n) is 23.6. The zero-order valence-electron chi connectivity index (χ0n) is 49.9. The van der Waals surface area contributed by atoms with E-state index in [1.54, 1.807) is 13.4 Å². The van der Waals surface area contributed by atoms with Crippen LogP contribution in [0.2, 0.25) is 5.02 Å². The number of benzene rings is 3. The van der Waals surface area contributed by atoms with Crippen molar-refractivity contribution in [3.8, 4) is 11.5 Å². The van der Waals surface area contributed by atoms with Crippen LogP contribution < -0.4 is 41.4 Å². The summed E-state index contributed by atoms with van der Waals surface area (Å²) in [5.74, 6) is 2.15. The van der Waals surface area contributed by atoms with E-state index >= 15 is 0 Å². The number of hydrogen-bond donors (Lipinski definition) is 6. The number of piperidine rings is 2. The Labute approximate surface area is 506 Å². The SMILES string of the molecule is CCOc1cc(OC)ccc1CNCC(=O)N1CCCC(c2cccc(C(=O)N[C@H](C(=O)NCCCCCCCC(=O)N3CCN(CC[C@H](NC(=O)C4(N)CCN(c5ncnc6[nH]ccc56)CC4)c4ccc(Cl)cc4)CC3)C3CCCCC3)c2)C1. The average Bonchev–Trinajstić information content (AvgIpc) is 4.25. The third-order valence-corrected chi connectivity index (χ3v) is 18.1. The number of nitrogens with one attached hydrogen (secondary N) is 5. The fourth-order valence-corrected chi connectivity index (χ4v) is 12.9. The number of methoxy groups -OCH3 is 1. The first-order valence-corrected chi connectivity index (χ1v) is 31.6. The number of amides is 5. The van der Waals surface area contributed by atoms with Crippen molar-refractivity contribution in [1.82, 2.24) is 50.9 Å². The molecule has 1 saturated carbocycles.